The molecule has 0 unspecified atom stereocenters. The summed E-state index contributed by atoms with van der Waals surface area (Å²) < 4.78 is 99.7. The van der Waals surface area contributed by atoms with Gasteiger partial charge in [0, 0.05) is 6.08 Å². The van der Waals surface area contributed by atoms with Gasteiger partial charge in [-0.2, -0.15) is 0 Å². The Hall–Kier alpha value is -5.52. The highest BCUT2D eigenvalue weighted by atomic mass is 19.2. The Morgan fingerprint density at radius 1 is 0.619 bits per heavy atom. The summed E-state index contributed by atoms with van der Waals surface area (Å²) >= 11 is 0. The summed E-state index contributed by atoms with van der Waals surface area (Å²) in [5, 5.41) is 9.26. The van der Waals surface area contributed by atoms with Gasteiger partial charge in [-0.25, -0.2) is 35.9 Å². The Bertz CT molecular complexity index is 1700. The van der Waals surface area contributed by atoms with Crippen LogP contribution in [0.15, 0.2) is 85.7 Å². The van der Waals surface area contributed by atoms with Gasteiger partial charge in [0.2, 0.25) is 5.75 Å². The first-order chi connectivity index (χ1) is 20.0. The van der Waals surface area contributed by atoms with Crippen LogP contribution in [0.25, 0.3) is 22.3 Å². The fraction of sp³-hybridized carbons (Fsp3) is 0. The molecule has 0 bridgehead atoms. The number of benzene rings is 4. The smallest absolute Gasteiger partial charge is 0.339 e. The number of aromatic hydroxyl groups is 1. The zero-order chi connectivity index (χ0) is 30.6. The van der Waals surface area contributed by atoms with Gasteiger partial charge in [0.15, 0.2) is 52.2 Å². The molecule has 1 N–H and O–H groups in total. The first-order valence-electron chi connectivity index (χ1n) is 11.6. The second-order valence-electron chi connectivity index (χ2n) is 8.32. The molecule has 12 heteroatoms. The molecule has 6 nitrogen and oxygen atoms in total. The van der Waals surface area contributed by atoms with E-state index in [0.29, 0.717) is 18.4 Å². The third-order valence-corrected chi connectivity index (χ3v) is 5.51. The first kappa shape index (κ1) is 29.5. The SMILES string of the molecule is C=CC(=O)Oc1c(F)cc(-c2ccc(OC(=O)/C=C/Oc3c(F)cc(-c4ccc(O)c(F)c4)cc3F)c(F)c2)cc1F. The molecule has 4 aromatic rings. The molecule has 0 heterocycles. The van der Waals surface area contributed by atoms with Crippen molar-refractivity contribution in [3.05, 3.63) is 121 Å². The van der Waals surface area contributed by atoms with Crippen molar-refractivity contribution >= 4 is 11.9 Å². The second kappa shape index (κ2) is 12.3. The molecule has 0 amide bonds. The maximum Gasteiger partial charge on any atom is 0.339 e. The molecule has 0 aliphatic rings. The van der Waals surface area contributed by atoms with Crippen molar-refractivity contribution in [3.63, 3.8) is 0 Å². The van der Waals surface area contributed by atoms with Crippen molar-refractivity contribution in [2.24, 2.45) is 0 Å². The van der Waals surface area contributed by atoms with E-state index in [1.54, 1.807) is 0 Å². The maximum atomic E-state index is 14.6. The van der Waals surface area contributed by atoms with E-state index in [1.165, 1.54) is 12.1 Å². The number of carbonyl (C=O) groups is 2. The predicted octanol–water partition coefficient (Wildman–Crippen LogP) is 7.15. The molecule has 0 saturated heterocycles. The van der Waals surface area contributed by atoms with E-state index >= 15 is 0 Å². The number of rotatable bonds is 8. The largest absolute Gasteiger partial charge is 0.505 e. The van der Waals surface area contributed by atoms with Crippen LogP contribution in [0.2, 0.25) is 0 Å². The van der Waals surface area contributed by atoms with Crippen LogP contribution in [0.4, 0.5) is 26.3 Å². The minimum Gasteiger partial charge on any atom is -0.505 e. The lowest BCUT2D eigenvalue weighted by Crippen LogP contribution is -2.07. The average Bonchev–Trinajstić information content (AvgIpc) is 2.94. The van der Waals surface area contributed by atoms with Crippen molar-refractivity contribution in [3.8, 4) is 45.3 Å². The number of halogens is 6. The third kappa shape index (κ3) is 6.61. The fourth-order valence-corrected chi connectivity index (χ4v) is 3.56. The van der Waals surface area contributed by atoms with Crippen LogP contribution in [-0.2, 0) is 9.59 Å². The number of esters is 2. The third-order valence-electron chi connectivity index (χ3n) is 5.51. The van der Waals surface area contributed by atoms with Crippen LogP contribution >= 0.6 is 0 Å². The van der Waals surface area contributed by atoms with Crippen molar-refractivity contribution in [1.82, 2.24) is 0 Å². The summed E-state index contributed by atoms with van der Waals surface area (Å²) in [6.45, 7) is 3.12. The fourth-order valence-electron chi connectivity index (χ4n) is 3.56. The van der Waals surface area contributed by atoms with Gasteiger partial charge < -0.3 is 19.3 Å². The summed E-state index contributed by atoms with van der Waals surface area (Å²) in [4.78, 5) is 23.3. The van der Waals surface area contributed by atoms with E-state index in [-0.39, 0.29) is 22.3 Å². The second-order valence-corrected chi connectivity index (χ2v) is 8.32. The van der Waals surface area contributed by atoms with Gasteiger partial charge in [-0.05, 0) is 70.8 Å². The predicted molar refractivity (Wildman–Crippen MR) is 136 cm³/mol. The first-order valence-corrected chi connectivity index (χ1v) is 11.6. The maximum absolute atomic E-state index is 14.6. The van der Waals surface area contributed by atoms with E-state index in [0.717, 1.165) is 48.5 Å². The molecule has 0 aliphatic carbocycles. The standard InChI is InChI=1S/C30H16F6O6/c1-2-27(38)42-30-23(35)13-18(14-24(30)36)16-4-6-26(20(32)10-16)41-28(39)7-8-40-29-21(33)11-17(12-22(29)34)15-3-5-25(37)19(31)9-15/h2-14,37H,1H2/b8-7+. The number of ether oxygens (including phenoxy) is 3. The molecular formula is C30H16F6O6. The van der Waals surface area contributed by atoms with Crippen LogP contribution in [0, 0.1) is 34.9 Å². The highest BCUT2D eigenvalue weighted by Crippen LogP contribution is 2.33. The lowest BCUT2D eigenvalue weighted by Gasteiger charge is -2.10. The topological polar surface area (TPSA) is 82.1 Å². The highest BCUT2D eigenvalue weighted by molar-refractivity contribution is 5.84. The monoisotopic (exact) mass is 586 g/mol. The quantitative estimate of drug-likeness (QED) is 0.0777. The van der Waals surface area contributed by atoms with Crippen molar-refractivity contribution in [1.29, 1.82) is 0 Å². The lowest BCUT2D eigenvalue weighted by atomic mass is 10.0. The Balaban J connectivity index is 1.43. The molecule has 0 atom stereocenters. The molecule has 4 aromatic carbocycles. The molecular weight excluding hydrogens is 570 g/mol. The number of carbonyl (C=O) groups excluding carboxylic acids is 2. The number of phenols is 1. The number of phenolic OH excluding ortho intramolecular Hbond substituents is 1. The normalized spacial score (nSPS) is 10.9. The van der Waals surface area contributed by atoms with E-state index < -0.39 is 69.8 Å². The average molecular weight is 586 g/mol. The Kier molecular flexibility index (Phi) is 8.65. The summed E-state index contributed by atoms with van der Waals surface area (Å²) in [6.07, 6.45) is 1.90. The molecule has 0 spiro atoms. The van der Waals surface area contributed by atoms with E-state index in [1.807, 2.05) is 0 Å². The minimum atomic E-state index is -1.24. The zero-order valence-corrected chi connectivity index (χ0v) is 21.0. The number of hydrogen-bond donors (Lipinski definition) is 1. The van der Waals surface area contributed by atoms with Crippen molar-refractivity contribution in [2.45, 2.75) is 0 Å². The van der Waals surface area contributed by atoms with Gasteiger partial charge in [0.05, 0.1) is 12.3 Å². The zero-order valence-electron chi connectivity index (χ0n) is 21.0. The molecule has 4 rings (SSSR count). The molecule has 0 aliphatic heterocycles. The summed E-state index contributed by atoms with van der Waals surface area (Å²) in [5.74, 6) is -12.4. The van der Waals surface area contributed by atoms with Crippen molar-refractivity contribution < 1.29 is 55.2 Å². The molecule has 0 fully saturated rings. The van der Waals surface area contributed by atoms with E-state index in [4.69, 9.17) is 9.47 Å². The van der Waals surface area contributed by atoms with Gasteiger partial charge in [-0.3, -0.25) is 0 Å². The van der Waals surface area contributed by atoms with Crippen LogP contribution in [0.5, 0.6) is 23.0 Å². The summed E-state index contributed by atoms with van der Waals surface area (Å²) in [7, 11) is 0. The van der Waals surface area contributed by atoms with Crippen LogP contribution in [-0.4, -0.2) is 17.0 Å². The van der Waals surface area contributed by atoms with Gasteiger partial charge in [-0.1, -0.05) is 18.7 Å². The molecule has 42 heavy (non-hydrogen) atoms. The van der Waals surface area contributed by atoms with Gasteiger partial charge in [-0.15, -0.1) is 0 Å². The molecule has 214 valence electrons. The summed E-state index contributed by atoms with van der Waals surface area (Å²) in [5.41, 5.74) is -0.131. The van der Waals surface area contributed by atoms with Crippen LogP contribution in [0.1, 0.15) is 0 Å². The Morgan fingerprint density at radius 3 is 1.64 bits per heavy atom. The number of hydrogen-bond acceptors (Lipinski definition) is 6. The van der Waals surface area contributed by atoms with Crippen molar-refractivity contribution in [2.75, 3.05) is 0 Å². The Labute approximate surface area is 233 Å². The van der Waals surface area contributed by atoms with E-state index in [9.17, 15) is 41.0 Å². The van der Waals surface area contributed by atoms with Gasteiger partial charge >= 0.3 is 11.9 Å². The van der Waals surface area contributed by atoms with Crippen LogP contribution in [0.3, 0.4) is 0 Å². The van der Waals surface area contributed by atoms with Gasteiger partial charge in [0.1, 0.15) is 0 Å². The minimum absolute atomic E-state index is 0.0185. The molecule has 0 aromatic heterocycles. The van der Waals surface area contributed by atoms with E-state index in [2.05, 4.69) is 11.3 Å². The highest BCUT2D eigenvalue weighted by Gasteiger charge is 2.18. The lowest BCUT2D eigenvalue weighted by molar-refractivity contribution is -0.130. The Morgan fingerprint density at radius 2 is 1.12 bits per heavy atom. The summed E-state index contributed by atoms with van der Waals surface area (Å²) in [6, 6.07) is 9.39. The molecule has 0 saturated carbocycles. The van der Waals surface area contributed by atoms with Crippen LogP contribution < -0.4 is 14.2 Å². The van der Waals surface area contributed by atoms with Gasteiger partial charge in [0.25, 0.3) is 0 Å². The molecule has 0 radical (unpaired) electrons.